The number of aromatic nitrogens is 1. The molecule has 0 amide bonds. The number of hydrogen-bond donors (Lipinski definition) is 1. The highest BCUT2D eigenvalue weighted by Gasteiger charge is 2.23. The molecular weight excluding hydrogens is 206 g/mol. The quantitative estimate of drug-likeness (QED) is 0.764. The monoisotopic (exact) mass is 216 g/mol. The van der Waals surface area contributed by atoms with E-state index >= 15 is 0 Å². The SMILES string of the molecule is COC(=O)c1nc(N)cc(C)c1C(F)F. The summed E-state index contributed by atoms with van der Waals surface area (Å²) in [4.78, 5) is 14.7. The molecule has 6 heteroatoms. The molecule has 0 radical (unpaired) electrons. The maximum atomic E-state index is 12.6. The normalized spacial score (nSPS) is 10.5. The molecule has 82 valence electrons. The van der Waals surface area contributed by atoms with Gasteiger partial charge in [-0.2, -0.15) is 0 Å². The van der Waals surface area contributed by atoms with Crippen LogP contribution in [0.15, 0.2) is 6.07 Å². The Bertz CT molecular complexity index is 394. The van der Waals surface area contributed by atoms with Crippen molar-refractivity contribution in [1.29, 1.82) is 0 Å². The molecule has 1 rings (SSSR count). The minimum Gasteiger partial charge on any atom is -0.464 e. The van der Waals surface area contributed by atoms with Gasteiger partial charge in [0, 0.05) is 0 Å². The third-order valence-corrected chi connectivity index (χ3v) is 1.88. The number of aryl methyl sites for hydroxylation is 1. The van der Waals surface area contributed by atoms with Crippen molar-refractivity contribution in [3.63, 3.8) is 0 Å². The van der Waals surface area contributed by atoms with E-state index in [-0.39, 0.29) is 11.4 Å². The summed E-state index contributed by atoms with van der Waals surface area (Å²) in [7, 11) is 1.10. The largest absolute Gasteiger partial charge is 0.464 e. The van der Waals surface area contributed by atoms with Crippen LogP contribution in [-0.4, -0.2) is 18.1 Å². The van der Waals surface area contributed by atoms with Gasteiger partial charge in [-0.25, -0.2) is 18.6 Å². The number of methoxy groups -OCH3 is 1. The summed E-state index contributed by atoms with van der Waals surface area (Å²) in [6.07, 6.45) is -2.78. The van der Waals surface area contributed by atoms with E-state index < -0.39 is 23.7 Å². The number of carbonyl (C=O) groups is 1. The van der Waals surface area contributed by atoms with Crippen molar-refractivity contribution in [1.82, 2.24) is 4.98 Å². The number of nitrogen functional groups attached to an aromatic ring is 1. The van der Waals surface area contributed by atoms with Crippen LogP contribution in [0.1, 0.15) is 28.0 Å². The molecule has 4 nitrogen and oxygen atoms in total. The van der Waals surface area contributed by atoms with E-state index in [0.29, 0.717) is 0 Å². The zero-order valence-corrected chi connectivity index (χ0v) is 8.25. The van der Waals surface area contributed by atoms with Gasteiger partial charge in [-0.05, 0) is 18.6 Å². The molecule has 0 atom stereocenters. The van der Waals surface area contributed by atoms with E-state index in [4.69, 9.17) is 5.73 Å². The second kappa shape index (κ2) is 4.20. The second-order valence-corrected chi connectivity index (χ2v) is 2.92. The Kier molecular flexibility index (Phi) is 3.18. The fraction of sp³-hybridized carbons (Fsp3) is 0.333. The zero-order chi connectivity index (χ0) is 11.6. The molecule has 0 aliphatic carbocycles. The van der Waals surface area contributed by atoms with Gasteiger partial charge in [0.15, 0.2) is 5.69 Å². The number of carbonyl (C=O) groups excluding carboxylic acids is 1. The van der Waals surface area contributed by atoms with Crippen molar-refractivity contribution in [3.05, 3.63) is 22.9 Å². The predicted molar refractivity (Wildman–Crippen MR) is 49.7 cm³/mol. The van der Waals surface area contributed by atoms with Crippen molar-refractivity contribution in [2.24, 2.45) is 0 Å². The van der Waals surface area contributed by atoms with Crippen LogP contribution in [0.5, 0.6) is 0 Å². The lowest BCUT2D eigenvalue weighted by Gasteiger charge is -2.10. The maximum Gasteiger partial charge on any atom is 0.357 e. The minimum atomic E-state index is -2.78. The molecule has 0 aliphatic heterocycles. The highest BCUT2D eigenvalue weighted by atomic mass is 19.3. The van der Waals surface area contributed by atoms with Gasteiger partial charge in [0.1, 0.15) is 5.82 Å². The first-order chi connectivity index (χ1) is 6.97. The molecule has 1 heterocycles. The number of alkyl halides is 2. The van der Waals surface area contributed by atoms with E-state index in [0.717, 1.165) is 7.11 Å². The summed E-state index contributed by atoms with van der Waals surface area (Å²) in [5.74, 6) is -0.905. The number of rotatable bonds is 2. The van der Waals surface area contributed by atoms with Crippen LogP contribution in [0.25, 0.3) is 0 Å². The summed E-state index contributed by atoms with van der Waals surface area (Å²) >= 11 is 0. The Hall–Kier alpha value is -1.72. The number of anilines is 1. The zero-order valence-electron chi connectivity index (χ0n) is 8.25. The predicted octanol–water partition coefficient (Wildman–Crippen LogP) is 1.70. The molecule has 0 spiro atoms. The Labute approximate surface area is 85.1 Å². The summed E-state index contributed by atoms with van der Waals surface area (Å²) < 4.78 is 29.6. The highest BCUT2D eigenvalue weighted by Crippen LogP contribution is 2.27. The standard InChI is InChI=1S/C9H10F2N2O2/c1-4-3-5(12)13-7(9(14)15-2)6(4)8(10)11/h3,8H,1-2H3,(H2,12,13). The van der Waals surface area contributed by atoms with Crippen molar-refractivity contribution in [2.75, 3.05) is 12.8 Å². The van der Waals surface area contributed by atoms with Crippen molar-refractivity contribution >= 4 is 11.8 Å². The van der Waals surface area contributed by atoms with Crippen molar-refractivity contribution < 1.29 is 18.3 Å². The van der Waals surface area contributed by atoms with E-state index in [1.807, 2.05) is 0 Å². The van der Waals surface area contributed by atoms with Crippen LogP contribution in [0.3, 0.4) is 0 Å². The van der Waals surface area contributed by atoms with Crippen LogP contribution in [0.2, 0.25) is 0 Å². The maximum absolute atomic E-state index is 12.6. The number of ether oxygens (including phenoxy) is 1. The van der Waals surface area contributed by atoms with Gasteiger partial charge in [0.2, 0.25) is 0 Å². The van der Waals surface area contributed by atoms with E-state index in [1.165, 1.54) is 13.0 Å². The van der Waals surface area contributed by atoms with Crippen molar-refractivity contribution in [2.45, 2.75) is 13.3 Å². The number of hydrogen-bond acceptors (Lipinski definition) is 4. The van der Waals surface area contributed by atoms with Gasteiger partial charge in [-0.1, -0.05) is 0 Å². The van der Waals surface area contributed by atoms with Crippen LogP contribution in [0.4, 0.5) is 14.6 Å². The number of pyridine rings is 1. The van der Waals surface area contributed by atoms with Crippen LogP contribution in [0, 0.1) is 6.92 Å². The van der Waals surface area contributed by atoms with Gasteiger partial charge >= 0.3 is 5.97 Å². The first-order valence-corrected chi connectivity index (χ1v) is 4.10. The van der Waals surface area contributed by atoms with Gasteiger partial charge in [-0.3, -0.25) is 0 Å². The molecule has 0 saturated carbocycles. The molecule has 0 aliphatic rings. The van der Waals surface area contributed by atoms with Crippen LogP contribution in [-0.2, 0) is 4.74 Å². The lowest BCUT2D eigenvalue weighted by Crippen LogP contribution is -2.12. The van der Waals surface area contributed by atoms with E-state index in [9.17, 15) is 13.6 Å². The topological polar surface area (TPSA) is 65.2 Å². The Morgan fingerprint density at radius 3 is 2.67 bits per heavy atom. The Morgan fingerprint density at radius 2 is 2.20 bits per heavy atom. The summed E-state index contributed by atoms with van der Waals surface area (Å²) in [5.41, 5.74) is 4.72. The minimum absolute atomic E-state index is 0.0114. The van der Waals surface area contributed by atoms with Gasteiger partial charge in [-0.15, -0.1) is 0 Å². The Balaban J connectivity index is 3.40. The summed E-state index contributed by atoms with van der Waals surface area (Å²) in [6.45, 7) is 1.44. The molecule has 0 aromatic carbocycles. The average Bonchev–Trinajstić information content (AvgIpc) is 2.14. The first kappa shape index (κ1) is 11.4. The third kappa shape index (κ3) is 2.20. The second-order valence-electron chi connectivity index (χ2n) is 2.92. The molecule has 0 bridgehead atoms. The smallest absolute Gasteiger partial charge is 0.357 e. The summed E-state index contributed by atoms with van der Waals surface area (Å²) in [5, 5.41) is 0. The van der Waals surface area contributed by atoms with E-state index in [1.54, 1.807) is 0 Å². The lowest BCUT2D eigenvalue weighted by atomic mass is 10.1. The molecule has 2 N–H and O–H groups in total. The van der Waals surface area contributed by atoms with Gasteiger partial charge in [0.05, 0.1) is 12.7 Å². The average molecular weight is 216 g/mol. The lowest BCUT2D eigenvalue weighted by molar-refractivity contribution is 0.0581. The summed E-state index contributed by atoms with van der Waals surface area (Å²) in [6, 6.07) is 1.29. The molecule has 1 aromatic rings. The number of nitrogens with two attached hydrogens (primary N) is 1. The Morgan fingerprint density at radius 1 is 1.60 bits per heavy atom. The van der Waals surface area contributed by atoms with Crippen LogP contribution < -0.4 is 5.73 Å². The molecule has 15 heavy (non-hydrogen) atoms. The van der Waals surface area contributed by atoms with Gasteiger partial charge in [0.25, 0.3) is 6.43 Å². The fourth-order valence-electron chi connectivity index (χ4n) is 1.24. The van der Waals surface area contributed by atoms with Crippen molar-refractivity contribution in [3.8, 4) is 0 Å². The molecule has 0 saturated heterocycles. The molecule has 0 unspecified atom stereocenters. The number of nitrogens with zero attached hydrogens (tertiary/aromatic N) is 1. The fourth-order valence-corrected chi connectivity index (χ4v) is 1.24. The first-order valence-electron chi connectivity index (χ1n) is 4.10. The molecular formula is C9H10F2N2O2. The van der Waals surface area contributed by atoms with Gasteiger partial charge < -0.3 is 10.5 Å². The van der Waals surface area contributed by atoms with Crippen LogP contribution >= 0.6 is 0 Å². The molecule has 0 fully saturated rings. The molecule has 1 aromatic heterocycles. The third-order valence-electron chi connectivity index (χ3n) is 1.88. The number of halogens is 2. The number of esters is 1. The highest BCUT2D eigenvalue weighted by molar-refractivity contribution is 5.89. The van der Waals surface area contributed by atoms with E-state index in [2.05, 4.69) is 9.72 Å².